The predicted octanol–water partition coefficient (Wildman–Crippen LogP) is 2.75. The van der Waals surface area contributed by atoms with Gasteiger partial charge in [0.25, 0.3) is 0 Å². The van der Waals surface area contributed by atoms with Crippen molar-refractivity contribution in [3.05, 3.63) is 24.0 Å². The van der Waals surface area contributed by atoms with Crippen LogP contribution in [-0.2, 0) is 11.3 Å². The monoisotopic (exact) mass is 237 g/mol. The number of aliphatic hydroxyl groups excluding tert-OH is 1. The summed E-state index contributed by atoms with van der Waals surface area (Å²) in [6, 6.07) is 2.01. The molecule has 1 atom stereocenters. The van der Waals surface area contributed by atoms with Gasteiger partial charge in [0.2, 0.25) is 0 Å². The molecular formula is C14H23NO2. The van der Waals surface area contributed by atoms with Gasteiger partial charge in [0.1, 0.15) is 0 Å². The van der Waals surface area contributed by atoms with Gasteiger partial charge in [0.15, 0.2) is 0 Å². The zero-order valence-electron chi connectivity index (χ0n) is 11.0. The second kappa shape index (κ2) is 4.83. The number of aliphatic hydroxyl groups is 1. The van der Waals surface area contributed by atoms with Crippen LogP contribution in [0.25, 0.3) is 0 Å². The molecule has 1 aliphatic rings. The molecule has 0 bridgehead atoms. The lowest BCUT2D eigenvalue weighted by Crippen LogP contribution is -2.21. The zero-order valence-corrected chi connectivity index (χ0v) is 11.0. The normalized spacial score (nSPS) is 18.4. The average Bonchev–Trinajstić information content (AvgIpc) is 2.96. The van der Waals surface area contributed by atoms with Gasteiger partial charge in [-0.15, -0.1) is 0 Å². The zero-order chi connectivity index (χ0) is 12.5. The Morgan fingerprint density at radius 2 is 2.18 bits per heavy atom. The highest BCUT2D eigenvalue weighted by atomic mass is 16.5. The topological polar surface area (TPSA) is 34.4 Å². The first-order valence-electron chi connectivity index (χ1n) is 6.43. The van der Waals surface area contributed by atoms with Gasteiger partial charge in [-0.25, -0.2) is 0 Å². The van der Waals surface area contributed by atoms with Gasteiger partial charge in [-0.3, -0.25) is 0 Å². The van der Waals surface area contributed by atoms with Crippen molar-refractivity contribution in [1.82, 2.24) is 4.57 Å². The molecule has 0 spiro atoms. The summed E-state index contributed by atoms with van der Waals surface area (Å²) in [5, 5.41) is 9.98. The van der Waals surface area contributed by atoms with E-state index in [-0.39, 0.29) is 11.7 Å². The van der Waals surface area contributed by atoms with Crippen molar-refractivity contribution in [2.75, 3.05) is 6.61 Å². The van der Waals surface area contributed by atoms with Crippen LogP contribution in [0.4, 0.5) is 0 Å². The Morgan fingerprint density at radius 3 is 2.76 bits per heavy atom. The van der Waals surface area contributed by atoms with Crippen molar-refractivity contribution >= 4 is 0 Å². The number of nitrogens with zero attached hydrogens (tertiary/aromatic N) is 1. The average molecular weight is 237 g/mol. The quantitative estimate of drug-likeness (QED) is 0.854. The van der Waals surface area contributed by atoms with Crippen molar-refractivity contribution in [2.45, 2.75) is 51.9 Å². The van der Waals surface area contributed by atoms with Crippen molar-refractivity contribution in [3.8, 4) is 0 Å². The summed E-state index contributed by atoms with van der Waals surface area (Å²) in [5.74, 6) is 0.497. The third kappa shape index (κ3) is 3.86. The molecule has 0 aromatic carbocycles. The van der Waals surface area contributed by atoms with Crippen molar-refractivity contribution in [2.24, 2.45) is 5.92 Å². The molecule has 0 radical (unpaired) electrons. The molecule has 17 heavy (non-hydrogen) atoms. The van der Waals surface area contributed by atoms with Crippen LogP contribution in [0.5, 0.6) is 0 Å². The van der Waals surface area contributed by atoms with Gasteiger partial charge in [0, 0.05) is 18.9 Å². The molecular weight excluding hydrogens is 214 g/mol. The van der Waals surface area contributed by atoms with E-state index in [0.717, 1.165) is 12.1 Å². The molecule has 2 rings (SSSR count). The lowest BCUT2D eigenvalue weighted by atomic mass is 10.1. The Bertz CT molecular complexity index is 361. The molecule has 1 N–H and O–H groups in total. The lowest BCUT2D eigenvalue weighted by molar-refractivity contribution is -0.00682. The Hall–Kier alpha value is -0.800. The van der Waals surface area contributed by atoms with Gasteiger partial charge in [-0.1, -0.05) is 0 Å². The summed E-state index contributed by atoms with van der Waals surface area (Å²) in [6.07, 6.45) is 6.13. The molecule has 96 valence electrons. The molecule has 1 fully saturated rings. The van der Waals surface area contributed by atoms with E-state index in [1.54, 1.807) is 0 Å². The standard InChI is InChI=1S/C14H23NO2/c1-14(2,3)17-9-8-15-7-6-12(10-15)13(16)11-4-5-11/h6-7,10-11,13,16H,4-5,8-9H2,1-3H3. The van der Waals surface area contributed by atoms with Crippen LogP contribution >= 0.6 is 0 Å². The van der Waals surface area contributed by atoms with E-state index in [9.17, 15) is 5.11 Å². The predicted molar refractivity (Wildman–Crippen MR) is 67.8 cm³/mol. The van der Waals surface area contributed by atoms with Gasteiger partial charge in [0.05, 0.1) is 18.3 Å². The maximum absolute atomic E-state index is 9.98. The summed E-state index contributed by atoms with van der Waals surface area (Å²) in [6.45, 7) is 7.73. The van der Waals surface area contributed by atoms with Crippen molar-refractivity contribution in [3.63, 3.8) is 0 Å². The van der Waals surface area contributed by atoms with Crippen LogP contribution in [0.3, 0.4) is 0 Å². The Balaban J connectivity index is 1.81. The molecule has 1 unspecified atom stereocenters. The number of rotatable bonds is 5. The lowest BCUT2D eigenvalue weighted by Gasteiger charge is -2.19. The highest BCUT2D eigenvalue weighted by molar-refractivity contribution is 5.16. The fraction of sp³-hybridized carbons (Fsp3) is 0.714. The molecule has 1 saturated carbocycles. The molecule has 1 aromatic rings. The highest BCUT2D eigenvalue weighted by Crippen LogP contribution is 2.40. The summed E-state index contributed by atoms with van der Waals surface area (Å²) >= 11 is 0. The first-order chi connectivity index (χ1) is 7.96. The summed E-state index contributed by atoms with van der Waals surface area (Å²) in [5.41, 5.74) is 0.965. The first kappa shape index (κ1) is 12.7. The SMILES string of the molecule is CC(C)(C)OCCn1ccc(C(O)C2CC2)c1. The minimum Gasteiger partial charge on any atom is -0.388 e. The minimum atomic E-state index is -0.264. The van der Waals surface area contributed by atoms with Crippen molar-refractivity contribution < 1.29 is 9.84 Å². The summed E-state index contributed by atoms with van der Waals surface area (Å²) < 4.78 is 7.77. The molecule has 1 aromatic heterocycles. The molecule has 1 heterocycles. The van der Waals surface area contributed by atoms with Crippen LogP contribution in [0, 0.1) is 5.92 Å². The number of hydrogen-bond acceptors (Lipinski definition) is 2. The molecule has 0 saturated heterocycles. The van der Waals surface area contributed by atoms with Crippen LogP contribution in [0.2, 0.25) is 0 Å². The van der Waals surface area contributed by atoms with E-state index in [0.29, 0.717) is 12.5 Å². The smallest absolute Gasteiger partial charge is 0.0832 e. The molecule has 3 heteroatoms. The third-order valence-electron chi connectivity index (χ3n) is 3.07. The van der Waals surface area contributed by atoms with E-state index in [2.05, 4.69) is 25.3 Å². The maximum Gasteiger partial charge on any atom is 0.0832 e. The van der Waals surface area contributed by atoms with Crippen LogP contribution in [-0.4, -0.2) is 21.9 Å². The fourth-order valence-electron chi connectivity index (χ4n) is 1.91. The van der Waals surface area contributed by atoms with Crippen LogP contribution in [0.15, 0.2) is 18.5 Å². The first-order valence-corrected chi connectivity index (χ1v) is 6.43. The van der Waals surface area contributed by atoms with E-state index < -0.39 is 0 Å². The van der Waals surface area contributed by atoms with Gasteiger partial charge < -0.3 is 14.4 Å². The Kier molecular flexibility index (Phi) is 3.59. The van der Waals surface area contributed by atoms with Crippen LogP contribution in [0.1, 0.15) is 45.3 Å². The number of aromatic nitrogens is 1. The van der Waals surface area contributed by atoms with Gasteiger partial charge in [-0.05, 0) is 51.2 Å². The molecule has 3 nitrogen and oxygen atoms in total. The van der Waals surface area contributed by atoms with Crippen molar-refractivity contribution in [1.29, 1.82) is 0 Å². The number of ether oxygens (including phenoxy) is 1. The Morgan fingerprint density at radius 1 is 1.47 bits per heavy atom. The number of hydrogen-bond donors (Lipinski definition) is 1. The molecule has 0 aliphatic heterocycles. The van der Waals surface area contributed by atoms with Gasteiger partial charge in [-0.2, -0.15) is 0 Å². The minimum absolute atomic E-state index is 0.0799. The highest BCUT2D eigenvalue weighted by Gasteiger charge is 2.31. The van der Waals surface area contributed by atoms with Gasteiger partial charge >= 0.3 is 0 Å². The van der Waals surface area contributed by atoms with E-state index in [1.807, 2.05) is 18.5 Å². The summed E-state index contributed by atoms with van der Waals surface area (Å²) in [7, 11) is 0. The van der Waals surface area contributed by atoms with E-state index in [1.165, 1.54) is 12.8 Å². The van der Waals surface area contributed by atoms with E-state index in [4.69, 9.17) is 4.74 Å². The Labute approximate surface area is 103 Å². The third-order valence-corrected chi connectivity index (χ3v) is 3.07. The van der Waals surface area contributed by atoms with E-state index >= 15 is 0 Å². The maximum atomic E-state index is 9.98. The fourth-order valence-corrected chi connectivity index (χ4v) is 1.91. The second-order valence-electron chi connectivity index (χ2n) is 5.93. The molecule has 0 amide bonds. The molecule has 1 aliphatic carbocycles. The van der Waals surface area contributed by atoms with Crippen LogP contribution < -0.4 is 0 Å². The largest absolute Gasteiger partial charge is 0.388 e. The summed E-state index contributed by atoms with van der Waals surface area (Å²) in [4.78, 5) is 0. The second-order valence-corrected chi connectivity index (χ2v) is 5.93.